The summed E-state index contributed by atoms with van der Waals surface area (Å²) in [6.07, 6.45) is 2.23. The normalized spacial score (nSPS) is 12.6. The second-order valence-electron chi connectivity index (χ2n) is 5.86. The van der Waals surface area contributed by atoms with Crippen molar-refractivity contribution < 1.29 is 14.4 Å². The van der Waals surface area contributed by atoms with E-state index in [-0.39, 0.29) is 11.9 Å². The molecule has 0 fully saturated rings. The number of urea groups is 1. The van der Waals surface area contributed by atoms with E-state index in [0.717, 1.165) is 17.9 Å². The van der Waals surface area contributed by atoms with Gasteiger partial charge in [-0.05, 0) is 24.2 Å². The van der Waals surface area contributed by atoms with Gasteiger partial charge in [0.05, 0.1) is 13.0 Å². The first-order valence-corrected chi connectivity index (χ1v) is 7.03. The zero-order valence-electron chi connectivity index (χ0n) is 12.8. The summed E-state index contributed by atoms with van der Waals surface area (Å²) in [4.78, 5) is 28.0. The third kappa shape index (κ3) is 8.46. The summed E-state index contributed by atoms with van der Waals surface area (Å²) in [5, 5.41) is 0.953. The van der Waals surface area contributed by atoms with Gasteiger partial charge in [-0.25, -0.2) is 9.59 Å². The van der Waals surface area contributed by atoms with Gasteiger partial charge < -0.3 is 10.6 Å². The monoisotopic (exact) mass is 272 g/mol. The number of nitrogens with two attached hydrogens (primary N) is 1. The van der Waals surface area contributed by atoms with Gasteiger partial charge in [-0.15, -0.1) is 0 Å². The van der Waals surface area contributed by atoms with Crippen molar-refractivity contribution in [3.05, 3.63) is 0 Å². The van der Waals surface area contributed by atoms with Crippen molar-refractivity contribution in [2.24, 2.45) is 23.5 Å². The molecule has 0 spiro atoms. The Balaban J connectivity index is 4.35. The number of carbonyl (C=O) groups excluding carboxylic acids is 2. The Morgan fingerprint density at radius 2 is 1.74 bits per heavy atom. The standard InChI is InChI=1S/C14H28N2O3/c1-6-12(7-10(2)3)8-13(17)19-16(14(15)18)9-11(4)5/h10-12H,6-9H2,1-5H3,(H2,15,18). The molecule has 19 heavy (non-hydrogen) atoms. The molecule has 2 amide bonds. The third-order valence-electron chi connectivity index (χ3n) is 2.83. The van der Waals surface area contributed by atoms with Gasteiger partial charge in [0.2, 0.25) is 0 Å². The number of carbonyl (C=O) groups is 2. The van der Waals surface area contributed by atoms with Gasteiger partial charge >= 0.3 is 12.0 Å². The smallest absolute Gasteiger partial charge is 0.348 e. The maximum absolute atomic E-state index is 11.8. The number of primary amides is 1. The second-order valence-corrected chi connectivity index (χ2v) is 5.86. The first-order chi connectivity index (χ1) is 8.76. The van der Waals surface area contributed by atoms with E-state index in [2.05, 4.69) is 20.8 Å². The molecule has 0 radical (unpaired) electrons. The molecule has 0 saturated carbocycles. The average molecular weight is 272 g/mol. The fraction of sp³-hybridized carbons (Fsp3) is 0.857. The van der Waals surface area contributed by atoms with E-state index in [1.807, 2.05) is 13.8 Å². The first-order valence-electron chi connectivity index (χ1n) is 7.03. The van der Waals surface area contributed by atoms with Crippen LogP contribution in [0.25, 0.3) is 0 Å². The van der Waals surface area contributed by atoms with E-state index >= 15 is 0 Å². The number of hydroxylamine groups is 2. The van der Waals surface area contributed by atoms with Crippen LogP contribution in [-0.4, -0.2) is 23.6 Å². The highest BCUT2D eigenvalue weighted by atomic mass is 16.7. The lowest BCUT2D eigenvalue weighted by molar-refractivity contribution is -0.179. The fourth-order valence-corrected chi connectivity index (χ4v) is 1.96. The highest BCUT2D eigenvalue weighted by molar-refractivity contribution is 5.75. The molecule has 5 nitrogen and oxygen atoms in total. The Labute approximate surface area is 116 Å². The van der Waals surface area contributed by atoms with E-state index in [9.17, 15) is 9.59 Å². The summed E-state index contributed by atoms with van der Waals surface area (Å²) in [6, 6.07) is -0.723. The molecule has 0 saturated heterocycles. The lowest BCUT2D eigenvalue weighted by Crippen LogP contribution is -2.40. The fourth-order valence-electron chi connectivity index (χ4n) is 1.96. The quantitative estimate of drug-likeness (QED) is 0.724. The van der Waals surface area contributed by atoms with Crippen LogP contribution in [0.4, 0.5) is 4.79 Å². The molecule has 0 aliphatic rings. The second kappa shape index (κ2) is 8.77. The van der Waals surface area contributed by atoms with Crippen LogP contribution in [0.3, 0.4) is 0 Å². The van der Waals surface area contributed by atoms with Crippen LogP contribution >= 0.6 is 0 Å². The van der Waals surface area contributed by atoms with Crippen LogP contribution < -0.4 is 5.73 Å². The summed E-state index contributed by atoms with van der Waals surface area (Å²) >= 11 is 0. The molecule has 0 aliphatic carbocycles. The molecule has 2 N–H and O–H groups in total. The van der Waals surface area contributed by atoms with Gasteiger partial charge in [-0.3, -0.25) is 0 Å². The lowest BCUT2D eigenvalue weighted by Gasteiger charge is -2.22. The molecule has 0 aliphatic heterocycles. The first kappa shape index (κ1) is 17.7. The van der Waals surface area contributed by atoms with Crippen LogP contribution in [0.1, 0.15) is 53.9 Å². The molecule has 0 heterocycles. The zero-order chi connectivity index (χ0) is 15.0. The van der Waals surface area contributed by atoms with Crippen molar-refractivity contribution in [1.29, 1.82) is 0 Å². The minimum atomic E-state index is -0.723. The van der Waals surface area contributed by atoms with Crippen LogP contribution in [0.5, 0.6) is 0 Å². The van der Waals surface area contributed by atoms with E-state index < -0.39 is 6.03 Å². The molecule has 5 heteroatoms. The van der Waals surface area contributed by atoms with Gasteiger partial charge in [0.15, 0.2) is 0 Å². The summed E-state index contributed by atoms with van der Waals surface area (Å²) in [5.74, 6) is 0.645. The van der Waals surface area contributed by atoms with Crippen LogP contribution in [-0.2, 0) is 9.63 Å². The molecule has 112 valence electrons. The SMILES string of the molecule is CCC(CC(=O)ON(CC(C)C)C(N)=O)CC(C)C. The largest absolute Gasteiger partial charge is 0.349 e. The Hall–Kier alpha value is -1.26. The maximum Gasteiger partial charge on any atom is 0.348 e. The molecule has 1 unspecified atom stereocenters. The van der Waals surface area contributed by atoms with Crippen LogP contribution in [0.15, 0.2) is 0 Å². The van der Waals surface area contributed by atoms with E-state index in [1.54, 1.807) is 0 Å². The maximum atomic E-state index is 11.8. The minimum absolute atomic E-state index is 0.193. The molecule has 0 aromatic rings. The average Bonchev–Trinajstić information content (AvgIpc) is 2.25. The number of hydrogen-bond donors (Lipinski definition) is 1. The van der Waals surface area contributed by atoms with Gasteiger partial charge in [0.1, 0.15) is 0 Å². The third-order valence-corrected chi connectivity index (χ3v) is 2.83. The van der Waals surface area contributed by atoms with Crippen LogP contribution in [0, 0.1) is 17.8 Å². The highest BCUT2D eigenvalue weighted by Crippen LogP contribution is 2.19. The predicted octanol–water partition coefficient (Wildman–Crippen LogP) is 2.94. The Bertz CT molecular complexity index is 290. The van der Waals surface area contributed by atoms with Crippen molar-refractivity contribution in [2.75, 3.05) is 6.54 Å². The number of hydrogen-bond acceptors (Lipinski definition) is 3. The van der Waals surface area contributed by atoms with E-state index in [1.165, 1.54) is 0 Å². The van der Waals surface area contributed by atoms with Crippen LogP contribution in [0.2, 0.25) is 0 Å². The molecule has 0 rings (SSSR count). The van der Waals surface area contributed by atoms with Gasteiger partial charge in [0.25, 0.3) is 0 Å². The molecular formula is C14H28N2O3. The van der Waals surface area contributed by atoms with Crippen molar-refractivity contribution in [3.63, 3.8) is 0 Å². The zero-order valence-corrected chi connectivity index (χ0v) is 12.8. The highest BCUT2D eigenvalue weighted by Gasteiger charge is 2.20. The summed E-state index contributed by atoms with van der Waals surface area (Å²) in [6.45, 7) is 10.5. The molecule has 1 atom stereocenters. The Morgan fingerprint density at radius 1 is 1.16 bits per heavy atom. The Kier molecular flexibility index (Phi) is 8.19. The van der Waals surface area contributed by atoms with Gasteiger partial charge in [-0.1, -0.05) is 41.0 Å². The van der Waals surface area contributed by atoms with Crippen molar-refractivity contribution >= 4 is 12.0 Å². The molecule has 0 aromatic carbocycles. The van der Waals surface area contributed by atoms with Gasteiger partial charge in [0, 0.05) is 0 Å². The number of nitrogens with zero attached hydrogens (tertiary/aromatic N) is 1. The molecule has 0 aromatic heterocycles. The lowest BCUT2D eigenvalue weighted by atomic mass is 9.92. The topological polar surface area (TPSA) is 72.6 Å². The van der Waals surface area contributed by atoms with Crippen molar-refractivity contribution in [2.45, 2.75) is 53.9 Å². The molecule has 0 bridgehead atoms. The number of amides is 2. The van der Waals surface area contributed by atoms with E-state index in [4.69, 9.17) is 10.6 Å². The van der Waals surface area contributed by atoms with Crippen molar-refractivity contribution in [1.82, 2.24) is 5.06 Å². The minimum Gasteiger partial charge on any atom is -0.349 e. The Morgan fingerprint density at radius 3 is 2.11 bits per heavy atom. The number of rotatable bonds is 7. The summed E-state index contributed by atoms with van der Waals surface area (Å²) < 4.78 is 0. The molecular weight excluding hydrogens is 244 g/mol. The van der Waals surface area contributed by atoms with Gasteiger partial charge in [-0.2, -0.15) is 5.06 Å². The van der Waals surface area contributed by atoms with E-state index in [0.29, 0.717) is 24.8 Å². The summed E-state index contributed by atoms with van der Waals surface area (Å²) in [7, 11) is 0. The van der Waals surface area contributed by atoms with Crippen molar-refractivity contribution in [3.8, 4) is 0 Å². The predicted molar refractivity (Wildman–Crippen MR) is 75.1 cm³/mol. The summed E-state index contributed by atoms with van der Waals surface area (Å²) in [5.41, 5.74) is 5.19.